The van der Waals surface area contributed by atoms with E-state index in [1.54, 1.807) is 37.3 Å². The van der Waals surface area contributed by atoms with E-state index in [4.69, 9.17) is 0 Å². The third-order valence-corrected chi connectivity index (χ3v) is 4.41. The summed E-state index contributed by atoms with van der Waals surface area (Å²) in [5, 5.41) is 0. The van der Waals surface area contributed by atoms with Crippen LogP contribution in [0.15, 0.2) is 53.4 Å². The molecule has 1 N–H and O–H groups in total. The Hall–Kier alpha value is -1.79. The summed E-state index contributed by atoms with van der Waals surface area (Å²) in [5.41, 5.74) is 0.702. The van der Waals surface area contributed by atoms with Crippen LogP contribution < -0.4 is 4.72 Å². The highest BCUT2D eigenvalue weighted by atomic mass is 32.2. The molecule has 106 valence electrons. The van der Waals surface area contributed by atoms with Gasteiger partial charge in [0.1, 0.15) is 11.6 Å². The predicted octanol–water partition coefficient (Wildman–Crippen LogP) is 3.00. The minimum Gasteiger partial charge on any atom is -0.207 e. The van der Waals surface area contributed by atoms with Gasteiger partial charge in [0, 0.05) is 6.04 Å². The Bertz CT molecular complexity index is 682. The zero-order chi connectivity index (χ0) is 14.8. The first kappa shape index (κ1) is 14.6. The molecule has 0 radical (unpaired) electrons. The summed E-state index contributed by atoms with van der Waals surface area (Å²) < 4.78 is 53.5. The highest BCUT2D eigenvalue weighted by Gasteiger charge is 2.25. The topological polar surface area (TPSA) is 46.2 Å². The first-order valence-electron chi connectivity index (χ1n) is 5.93. The lowest BCUT2D eigenvalue weighted by Gasteiger charge is -2.15. The molecular formula is C14H13F2NO2S. The van der Waals surface area contributed by atoms with Gasteiger partial charge in [-0.25, -0.2) is 21.9 Å². The van der Waals surface area contributed by atoms with Crippen LogP contribution in [0.3, 0.4) is 0 Å². The van der Waals surface area contributed by atoms with Crippen molar-refractivity contribution in [2.24, 2.45) is 0 Å². The van der Waals surface area contributed by atoms with Gasteiger partial charge >= 0.3 is 0 Å². The molecule has 2 rings (SSSR count). The van der Waals surface area contributed by atoms with Crippen molar-refractivity contribution in [2.75, 3.05) is 0 Å². The van der Waals surface area contributed by atoms with E-state index in [2.05, 4.69) is 4.72 Å². The van der Waals surface area contributed by atoms with Gasteiger partial charge in [0.25, 0.3) is 0 Å². The second kappa shape index (κ2) is 5.68. The molecule has 0 aliphatic carbocycles. The molecule has 2 aromatic rings. The third kappa shape index (κ3) is 3.02. The van der Waals surface area contributed by atoms with Crippen molar-refractivity contribution in [2.45, 2.75) is 17.9 Å². The van der Waals surface area contributed by atoms with E-state index in [0.717, 1.165) is 18.2 Å². The fraction of sp³-hybridized carbons (Fsp3) is 0.143. The van der Waals surface area contributed by atoms with Gasteiger partial charge in [0.2, 0.25) is 10.0 Å². The van der Waals surface area contributed by atoms with Crippen LogP contribution in [0.5, 0.6) is 0 Å². The van der Waals surface area contributed by atoms with Crippen molar-refractivity contribution >= 4 is 10.0 Å². The predicted molar refractivity (Wildman–Crippen MR) is 71.5 cm³/mol. The zero-order valence-electron chi connectivity index (χ0n) is 10.7. The monoisotopic (exact) mass is 297 g/mol. The average molecular weight is 297 g/mol. The molecule has 0 saturated heterocycles. The first-order valence-corrected chi connectivity index (χ1v) is 7.41. The van der Waals surface area contributed by atoms with Crippen LogP contribution in [0.4, 0.5) is 8.78 Å². The van der Waals surface area contributed by atoms with Crippen LogP contribution in [-0.4, -0.2) is 8.42 Å². The number of benzene rings is 2. The molecule has 0 aliphatic heterocycles. The van der Waals surface area contributed by atoms with Crippen molar-refractivity contribution in [3.8, 4) is 0 Å². The van der Waals surface area contributed by atoms with Crippen molar-refractivity contribution in [3.63, 3.8) is 0 Å². The summed E-state index contributed by atoms with van der Waals surface area (Å²) in [6.07, 6.45) is 0. The van der Waals surface area contributed by atoms with E-state index in [-0.39, 0.29) is 0 Å². The molecule has 1 atom stereocenters. The molecule has 0 saturated carbocycles. The molecule has 0 unspecified atom stereocenters. The van der Waals surface area contributed by atoms with Gasteiger partial charge in [-0.2, -0.15) is 0 Å². The summed E-state index contributed by atoms with van der Waals surface area (Å²) in [5.74, 6) is -2.23. The summed E-state index contributed by atoms with van der Waals surface area (Å²) in [6.45, 7) is 1.60. The summed E-state index contributed by atoms with van der Waals surface area (Å²) >= 11 is 0. The van der Waals surface area contributed by atoms with Crippen LogP contribution in [-0.2, 0) is 10.0 Å². The van der Waals surface area contributed by atoms with Crippen LogP contribution in [0, 0.1) is 11.6 Å². The van der Waals surface area contributed by atoms with E-state index >= 15 is 0 Å². The molecule has 3 nitrogen and oxygen atoms in total. The van der Waals surface area contributed by atoms with Gasteiger partial charge in [-0.1, -0.05) is 36.4 Å². The molecule has 0 amide bonds. The van der Waals surface area contributed by atoms with Gasteiger partial charge < -0.3 is 0 Å². The van der Waals surface area contributed by atoms with E-state index in [1.165, 1.54) is 0 Å². The van der Waals surface area contributed by atoms with Crippen LogP contribution in [0.25, 0.3) is 0 Å². The van der Waals surface area contributed by atoms with Gasteiger partial charge in [0.15, 0.2) is 4.90 Å². The number of halogens is 2. The minimum atomic E-state index is -4.27. The Morgan fingerprint density at radius 3 is 2.05 bits per heavy atom. The van der Waals surface area contributed by atoms with Crippen molar-refractivity contribution < 1.29 is 17.2 Å². The highest BCUT2D eigenvalue weighted by molar-refractivity contribution is 7.89. The first-order chi connectivity index (χ1) is 9.42. The molecular weight excluding hydrogens is 284 g/mol. The van der Waals surface area contributed by atoms with Gasteiger partial charge in [-0.05, 0) is 24.6 Å². The van der Waals surface area contributed by atoms with E-state index in [0.29, 0.717) is 5.56 Å². The second-order valence-electron chi connectivity index (χ2n) is 4.30. The Morgan fingerprint density at radius 2 is 1.50 bits per heavy atom. The Balaban J connectivity index is 2.33. The average Bonchev–Trinajstić information content (AvgIpc) is 2.38. The molecule has 0 aromatic heterocycles. The summed E-state index contributed by atoms with van der Waals surface area (Å²) in [4.78, 5) is -0.956. The quantitative estimate of drug-likeness (QED) is 0.943. The van der Waals surface area contributed by atoms with E-state index < -0.39 is 32.6 Å². The third-order valence-electron chi connectivity index (χ3n) is 2.82. The fourth-order valence-electron chi connectivity index (χ4n) is 1.84. The molecule has 20 heavy (non-hydrogen) atoms. The standard InChI is InChI=1S/C14H13F2NO2S/c1-10(11-6-3-2-4-7-11)17-20(18,19)14-12(15)8-5-9-13(14)16/h2-10,17H,1H3/t10-/m0/s1. The SMILES string of the molecule is C[C@H](NS(=O)(=O)c1c(F)cccc1F)c1ccccc1. The number of nitrogens with one attached hydrogen (secondary N) is 1. The van der Waals surface area contributed by atoms with Gasteiger partial charge in [0.05, 0.1) is 0 Å². The van der Waals surface area contributed by atoms with Crippen molar-refractivity contribution in [1.29, 1.82) is 0 Å². The number of rotatable bonds is 4. The second-order valence-corrected chi connectivity index (χ2v) is 5.96. The van der Waals surface area contributed by atoms with Gasteiger partial charge in [-0.15, -0.1) is 0 Å². The Morgan fingerprint density at radius 1 is 0.950 bits per heavy atom. The normalized spacial score (nSPS) is 13.2. The lowest BCUT2D eigenvalue weighted by atomic mass is 10.1. The molecule has 6 heteroatoms. The molecule has 0 bridgehead atoms. The fourth-order valence-corrected chi connectivity index (χ4v) is 3.21. The molecule has 0 heterocycles. The number of hydrogen-bond acceptors (Lipinski definition) is 2. The van der Waals surface area contributed by atoms with Crippen LogP contribution >= 0.6 is 0 Å². The summed E-state index contributed by atoms with van der Waals surface area (Å²) in [7, 11) is -4.27. The summed E-state index contributed by atoms with van der Waals surface area (Å²) in [6, 6.07) is 11.1. The largest absolute Gasteiger partial charge is 0.246 e. The highest BCUT2D eigenvalue weighted by Crippen LogP contribution is 2.21. The smallest absolute Gasteiger partial charge is 0.207 e. The molecule has 2 aromatic carbocycles. The number of sulfonamides is 1. The maximum Gasteiger partial charge on any atom is 0.246 e. The lowest BCUT2D eigenvalue weighted by molar-refractivity contribution is 0.509. The molecule has 0 aliphatic rings. The minimum absolute atomic E-state index is 0.597. The Kier molecular flexibility index (Phi) is 4.15. The maximum absolute atomic E-state index is 13.5. The zero-order valence-corrected chi connectivity index (χ0v) is 11.5. The van der Waals surface area contributed by atoms with E-state index in [1.807, 2.05) is 0 Å². The van der Waals surface area contributed by atoms with E-state index in [9.17, 15) is 17.2 Å². The molecule has 0 fully saturated rings. The van der Waals surface area contributed by atoms with Crippen LogP contribution in [0.1, 0.15) is 18.5 Å². The maximum atomic E-state index is 13.5. The van der Waals surface area contributed by atoms with Crippen LogP contribution in [0.2, 0.25) is 0 Å². The van der Waals surface area contributed by atoms with Crippen molar-refractivity contribution in [3.05, 3.63) is 65.7 Å². The van der Waals surface area contributed by atoms with Crippen molar-refractivity contribution in [1.82, 2.24) is 4.72 Å². The number of hydrogen-bond donors (Lipinski definition) is 1. The lowest BCUT2D eigenvalue weighted by Crippen LogP contribution is -2.28. The Labute approximate surface area is 116 Å². The molecule has 0 spiro atoms. The van der Waals surface area contributed by atoms with Gasteiger partial charge in [-0.3, -0.25) is 0 Å².